The number of nitrogens with zero attached hydrogens (tertiary/aromatic N) is 1. The summed E-state index contributed by atoms with van der Waals surface area (Å²) in [6.07, 6.45) is 0. The maximum absolute atomic E-state index is 11.4. The highest BCUT2D eigenvalue weighted by atomic mass is 32.2. The van der Waals surface area contributed by atoms with Gasteiger partial charge in [0.05, 0.1) is 23.4 Å². The summed E-state index contributed by atoms with van der Waals surface area (Å²) in [4.78, 5) is 15.8. The van der Waals surface area contributed by atoms with Crippen molar-refractivity contribution in [3.05, 3.63) is 23.4 Å². The van der Waals surface area contributed by atoms with Gasteiger partial charge in [0, 0.05) is 4.75 Å². The van der Waals surface area contributed by atoms with Gasteiger partial charge >= 0.3 is 5.97 Å². The second-order valence-electron chi connectivity index (χ2n) is 4.49. The van der Waals surface area contributed by atoms with Crippen molar-refractivity contribution in [2.45, 2.75) is 37.5 Å². The summed E-state index contributed by atoms with van der Waals surface area (Å²) in [5.41, 5.74) is 1.24. The van der Waals surface area contributed by atoms with E-state index >= 15 is 0 Å². The summed E-state index contributed by atoms with van der Waals surface area (Å²) in [7, 11) is 1.37. The predicted molar refractivity (Wildman–Crippen MR) is 65.9 cm³/mol. The zero-order valence-corrected chi connectivity index (χ0v) is 11.1. The van der Waals surface area contributed by atoms with Gasteiger partial charge in [0.25, 0.3) is 0 Å². The molecule has 0 amide bonds. The highest BCUT2D eigenvalue weighted by Gasteiger charge is 2.15. The molecule has 88 valence electrons. The SMILES string of the molecule is COC(=O)c1ccc(SC(C)(C)C)nc1C. The van der Waals surface area contributed by atoms with Crippen molar-refractivity contribution < 1.29 is 9.53 Å². The first kappa shape index (κ1) is 13.0. The predicted octanol–water partition coefficient (Wildman–Crippen LogP) is 3.07. The van der Waals surface area contributed by atoms with E-state index in [1.54, 1.807) is 17.8 Å². The molecule has 0 aromatic carbocycles. The van der Waals surface area contributed by atoms with Crippen LogP contribution in [0.1, 0.15) is 36.8 Å². The van der Waals surface area contributed by atoms with Gasteiger partial charge in [-0.1, -0.05) is 20.8 Å². The minimum Gasteiger partial charge on any atom is -0.465 e. The molecule has 0 unspecified atom stereocenters. The van der Waals surface area contributed by atoms with E-state index in [9.17, 15) is 4.79 Å². The molecule has 16 heavy (non-hydrogen) atoms. The van der Waals surface area contributed by atoms with Crippen LogP contribution >= 0.6 is 11.8 Å². The molecule has 1 rings (SSSR count). The lowest BCUT2D eigenvalue weighted by Crippen LogP contribution is -2.09. The number of esters is 1. The van der Waals surface area contributed by atoms with Crippen LogP contribution in [0.3, 0.4) is 0 Å². The molecule has 0 N–H and O–H groups in total. The molecule has 0 atom stereocenters. The van der Waals surface area contributed by atoms with Crippen LogP contribution in [-0.2, 0) is 4.74 Å². The number of rotatable bonds is 2. The first-order chi connectivity index (χ1) is 7.33. The average Bonchev–Trinajstić information content (AvgIpc) is 2.14. The first-order valence-electron chi connectivity index (χ1n) is 5.08. The highest BCUT2D eigenvalue weighted by Crippen LogP contribution is 2.30. The fourth-order valence-electron chi connectivity index (χ4n) is 1.23. The molecule has 0 radical (unpaired) electrons. The van der Waals surface area contributed by atoms with Crippen molar-refractivity contribution in [2.24, 2.45) is 0 Å². The minimum atomic E-state index is -0.336. The lowest BCUT2D eigenvalue weighted by molar-refractivity contribution is 0.0599. The van der Waals surface area contributed by atoms with E-state index < -0.39 is 0 Å². The topological polar surface area (TPSA) is 39.2 Å². The third kappa shape index (κ3) is 3.52. The number of thioether (sulfide) groups is 1. The minimum absolute atomic E-state index is 0.117. The standard InChI is InChI=1S/C12H17NO2S/c1-8-9(11(14)15-5)6-7-10(13-8)16-12(2,3)4/h6-7H,1-5H3. The van der Waals surface area contributed by atoms with E-state index in [1.165, 1.54) is 7.11 Å². The summed E-state index contributed by atoms with van der Waals surface area (Å²) in [6.45, 7) is 8.20. The van der Waals surface area contributed by atoms with E-state index in [1.807, 2.05) is 13.0 Å². The summed E-state index contributed by atoms with van der Waals surface area (Å²) in [6, 6.07) is 3.62. The second kappa shape index (κ2) is 4.87. The van der Waals surface area contributed by atoms with Gasteiger partial charge in [-0.15, -0.1) is 11.8 Å². The van der Waals surface area contributed by atoms with Crippen LogP contribution in [0.5, 0.6) is 0 Å². The Balaban J connectivity index is 2.96. The van der Waals surface area contributed by atoms with Crippen molar-refractivity contribution >= 4 is 17.7 Å². The normalized spacial score (nSPS) is 11.3. The number of hydrogen-bond acceptors (Lipinski definition) is 4. The third-order valence-electron chi connectivity index (χ3n) is 1.88. The molecule has 0 aliphatic carbocycles. The molecule has 0 bridgehead atoms. The summed E-state index contributed by atoms with van der Waals surface area (Å²) < 4.78 is 4.79. The maximum atomic E-state index is 11.4. The molecule has 1 aromatic rings. The number of hydrogen-bond donors (Lipinski definition) is 0. The lowest BCUT2D eigenvalue weighted by Gasteiger charge is -2.17. The van der Waals surface area contributed by atoms with Gasteiger partial charge < -0.3 is 4.74 Å². The summed E-state index contributed by atoms with van der Waals surface area (Å²) >= 11 is 1.68. The lowest BCUT2D eigenvalue weighted by atomic mass is 10.2. The Hall–Kier alpha value is -1.03. The largest absolute Gasteiger partial charge is 0.465 e. The number of carbonyl (C=O) groups is 1. The molecule has 1 heterocycles. The molecule has 0 aliphatic rings. The van der Waals surface area contributed by atoms with Gasteiger partial charge in [0.2, 0.25) is 0 Å². The number of methoxy groups -OCH3 is 1. The molecular formula is C12H17NO2S. The number of ether oxygens (including phenoxy) is 1. The molecule has 0 saturated heterocycles. The smallest absolute Gasteiger partial charge is 0.339 e. The molecule has 1 aromatic heterocycles. The molecular weight excluding hydrogens is 222 g/mol. The summed E-state index contributed by atoms with van der Waals surface area (Å²) in [5.74, 6) is -0.336. The quantitative estimate of drug-likeness (QED) is 0.587. The Morgan fingerprint density at radius 3 is 2.44 bits per heavy atom. The van der Waals surface area contributed by atoms with E-state index in [0.29, 0.717) is 11.3 Å². The molecule has 0 spiro atoms. The Bertz CT molecular complexity index is 396. The molecule has 0 aliphatic heterocycles. The van der Waals surface area contributed by atoms with Gasteiger partial charge in [-0.2, -0.15) is 0 Å². The fourth-order valence-corrected chi connectivity index (χ4v) is 2.18. The molecule has 0 fully saturated rings. The Morgan fingerprint density at radius 1 is 1.38 bits per heavy atom. The number of pyridine rings is 1. The zero-order chi connectivity index (χ0) is 12.3. The number of aromatic nitrogens is 1. The monoisotopic (exact) mass is 239 g/mol. The van der Waals surface area contributed by atoms with Crippen LogP contribution in [0.15, 0.2) is 17.2 Å². The van der Waals surface area contributed by atoms with Crippen LogP contribution in [-0.4, -0.2) is 22.8 Å². The van der Waals surface area contributed by atoms with Gasteiger partial charge in [-0.25, -0.2) is 9.78 Å². The van der Waals surface area contributed by atoms with E-state index in [0.717, 1.165) is 5.03 Å². The van der Waals surface area contributed by atoms with E-state index in [-0.39, 0.29) is 10.7 Å². The van der Waals surface area contributed by atoms with Crippen molar-refractivity contribution in [1.29, 1.82) is 0 Å². The Kier molecular flexibility index (Phi) is 3.97. The first-order valence-corrected chi connectivity index (χ1v) is 5.90. The maximum Gasteiger partial charge on any atom is 0.339 e. The van der Waals surface area contributed by atoms with Crippen LogP contribution in [0.2, 0.25) is 0 Å². The molecule has 0 saturated carbocycles. The van der Waals surface area contributed by atoms with Crippen molar-refractivity contribution in [3.8, 4) is 0 Å². The van der Waals surface area contributed by atoms with Gasteiger partial charge in [0.15, 0.2) is 0 Å². The van der Waals surface area contributed by atoms with E-state index in [2.05, 4.69) is 30.5 Å². The highest BCUT2D eigenvalue weighted by molar-refractivity contribution is 8.00. The molecule has 4 heteroatoms. The fraction of sp³-hybridized carbons (Fsp3) is 0.500. The Labute approximate surface area is 101 Å². The van der Waals surface area contributed by atoms with Crippen LogP contribution < -0.4 is 0 Å². The molecule has 3 nitrogen and oxygen atoms in total. The van der Waals surface area contributed by atoms with Crippen LogP contribution in [0, 0.1) is 6.92 Å². The van der Waals surface area contributed by atoms with Crippen molar-refractivity contribution in [3.63, 3.8) is 0 Å². The van der Waals surface area contributed by atoms with Crippen molar-refractivity contribution in [1.82, 2.24) is 4.98 Å². The summed E-state index contributed by atoms with van der Waals surface area (Å²) in [5, 5.41) is 0.928. The van der Waals surface area contributed by atoms with Crippen molar-refractivity contribution in [2.75, 3.05) is 7.11 Å². The average molecular weight is 239 g/mol. The second-order valence-corrected chi connectivity index (χ2v) is 6.34. The van der Waals surface area contributed by atoms with Gasteiger partial charge in [0.1, 0.15) is 0 Å². The van der Waals surface area contributed by atoms with Crippen LogP contribution in [0.25, 0.3) is 0 Å². The van der Waals surface area contributed by atoms with E-state index in [4.69, 9.17) is 0 Å². The van der Waals surface area contributed by atoms with Gasteiger partial charge in [-0.05, 0) is 19.1 Å². The Morgan fingerprint density at radius 2 is 2.00 bits per heavy atom. The number of carbonyl (C=O) groups excluding carboxylic acids is 1. The van der Waals surface area contributed by atoms with Crippen LogP contribution in [0.4, 0.5) is 0 Å². The van der Waals surface area contributed by atoms with Gasteiger partial charge in [-0.3, -0.25) is 0 Å². The third-order valence-corrected chi connectivity index (χ3v) is 2.93. The number of aryl methyl sites for hydroxylation is 1. The zero-order valence-electron chi connectivity index (χ0n) is 10.3.